The van der Waals surface area contributed by atoms with Gasteiger partial charge >= 0.3 is 0 Å². The zero-order valence-electron chi connectivity index (χ0n) is 20.5. The number of nitrogens with zero attached hydrogens (tertiary/aromatic N) is 4. The maximum atomic E-state index is 13.1. The molecule has 0 bridgehead atoms. The number of hydrogen-bond donors (Lipinski definition) is 2. The van der Waals surface area contributed by atoms with Gasteiger partial charge in [-0.05, 0) is 48.4 Å². The predicted molar refractivity (Wildman–Crippen MR) is 146 cm³/mol. The fourth-order valence-corrected chi connectivity index (χ4v) is 4.81. The second-order valence-corrected chi connectivity index (χ2v) is 9.24. The van der Waals surface area contributed by atoms with Crippen LogP contribution in [0.15, 0.2) is 65.7 Å². The fourth-order valence-electron chi connectivity index (χ4n) is 4.15. The van der Waals surface area contributed by atoms with Crippen molar-refractivity contribution in [3.63, 3.8) is 0 Å². The van der Waals surface area contributed by atoms with Crippen molar-refractivity contribution in [2.24, 2.45) is 0 Å². The van der Waals surface area contributed by atoms with Crippen LogP contribution in [0.3, 0.4) is 0 Å². The molecular formula is C27H22Cl2N6O3. The van der Waals surface area contributed by atoms with Crippen molar-refractivity contribution in [1.29, 1.82) is 0 Å². The molecule has 2 aliphatic rings. The van der Waals surface area contributed by atoms with Crippen LogP contribution in [-0.2, 0) is 12.8 Å². The minimum atomic E-state index is -0.402. The number of halogens is 2. The van der Waals surface area contributed by atoms with Gasteiger partial charge in [-0.25, -0.2) is 9.67 Å². The number of pyridine rings is 1. The van der Waals surface area contributed by atoms with E-state index in [1.165, 1.54) is 12.1 Å². The molecule has 2 N–H and O–H groups in total. The van der Waals surface area contributed by atoms with E-state index in [0.29, 0.717) is 52.9 Å². The Morgan fingerprint density at radius 1 is 1.08 bits per heavy atom. The summed E-state index contributed by atoms with van der Waals surface area (Å²) in [4.78, 5) is 38.8. The maximum Gasteiger partial charge on any atom is 0.284 e. The molecule has 1 aromatic heterocycles. The molecule has 38 heavy (non-hydrogen) atoms. The van der Waals surface area contributed by atoms with E-state index < -0.39 is 5.56 Å². The third-order valence-electron chi connectivity index (χ3n) is 5.95. The molecule has 3 aromatic rings. The summed E-state index contributed by atoms with van der Waals surface area (Å²) in [5.41, 5.74) is 2.70. The fraction of sp³-hybridized carbons (Fsp3) is 0.148. The van der Waals surface area contributed by atoms with E-state index in [2.05, 4.69) is 20.4 Å². The van der Waals surface area contributed by atoms with Crippen LogP contribution < -0.4 is 15.6 Å². The number of carbonyl (C=O) groups is 1. The van der Waals surface area contributed by atoms with Gasteiger partial charge in [0.05, 0.1) is 17.2 Å². The Balaban J connectivity index is 1.56. The van der Waals surface area contributed by atoms with Crippen LogP contribution in [0.4, 0.5) is 5.69 Å². The van der Waals surface area contributed by atoms with Crippen LogP contribution in [0, 0.1) is 0 Å². The Labute approximate surface area is 227 Å². The quantitative estimate of drug-likeness (QED) is 0.289. The zero-order chi connectivity index (χ0) is 26.8. The van der Waals surface area contributed by atoms with Gasteiger partial charge in [0.1, 0.15) is 22.8 Å². The van der Waals surface area contributed by atoms with Crippen molar-refractivity contribution in [3.05, 3.63) is 104 Å². The number of aromatic nitrogens is 5. The van der Waals surface area contributed by atoms with Gasteiger partial charge in [-0.15, -0.1) is 0 Å². The third kappa shape index (κ3) is 4.98. The summed E-state index contributed by atoms with van der Waals surface area (Å²) in [5.74, 6) is 0.999. The molecule has 0 aliphatic carbocycles. The number of methoxy groups -OCH3 is 1. The highest BCUT2D eigenvalue weighted by Crippen LogP contribution is 2.34. The summed E-state index contributed by atoms with van der Waals surface area (Å²) in [6.07, 6.45) is 4.00. The Kier molecular flexibility index (Phi) is 7.13. The SMILES string of the molecule is CCc1[nH]n(-c2c(Cl)cc(C(=O)Nc3ccncc3)cc2Cl)c2nc(Cc3cccc(OC)c3)nc(=O)c1-2. The first-order valence-electron chi connectivity index (χ1n) is 11.7. The second-order valence-electron chi connectivity index (χ2n) is 8.43. The molecule has 9 nitrogen and oxygen atoms in total. The van der Waals surface area contributed by atoms with E-state index in [4.69, 9.17) is 32.9 Å². The van der Waals surface area contributed by atoms with E-state index in [0.717, 1.165) is 5.56 Å². The number of nitrogens with one attached hydrogen (secondary N) is 2. The van der Waals surface area contributed by atoms with Crippen molar-refractivity contribution in [2.75, 3.05) is 12.4 Å². The Morgan fingerprint density at radius 2 is 1.82 bits per heavy atom. The summed E-state index contributed by atoms with van der Waals surface area (Å²) in [6.45, 7) is 1.91. The highest BCUT2D eigenvalue weighted by atomic mass is 35.5. The lowest BCUT2D eigenvalue weighted by atomic mass is 10.1. The lowest BCUT2D eigenvalue weighted by molar-refractivity contribution is 0.102. The Bertz CT molecular complexity index is 1640. The highest BCUT2D eigenvalue weighted by Gasteiger charge is 2.26. The molecule has 0 fully saturated rings. The predicted octanol–water partition coefficient (Wildman–Crippen LogP) is 5.18. The van der Waals surface area contributed by atoms with Gasteiger partial charge < -0.3 is 10.1 Å². The highest BCUT2D eigenvalue weighted by molar-refractivity contribution is 6.38. The lowest BCUT2D eigenvalue weighted by Crippen LogP contribution is -2.17. The Morgan fingerprint density at radius 3 is 2.50 bits per heavy atom. The second kappa shape index (κ2) is 10.6. The maximum absolute atomic E-state index is 13.1. The van der Waals surface area contributed by atoms with Crippen molar-refractivity contribution in [1.82, 2.24) is 24.7 Å². The molecule has 1 amide bonds. The topological polar surface area (TPSA) is 115 Å². The molecule has 0 saturated carbocycles. The minimum absolute atomic E-state index is 0.202. The molecule has 11 heteroatoms. The van der Waals surface area contributed by atoms with Crippen molar-refractivity contribution >= 4 is 34.8 Å². The van der Waals surface area contributed by atoms with Crippen LogP contribution in [0.5, 0.6) is 5.75 Å². The van der Waals surface area contributed by atoms with Crippen LogP contribution in [-0.4, -0.2) is 37.7 Å². The molecule has 0 spiro atoms. The number of H-pyrrole nitrogens is 1. The molecule has 5 rings (SSSR count). The normalized spacial score (nSPS) is 11.1. The number of ether oxygens (including phenoxy) is 1. The van der Waals surface area contributed by atoms with Gasteiger partial charge in [0.25, 0.3) is 11.5 Å². The van der Waals surface area contributed by atoms with Crippen LogP contribution >= 0.6 is 23.2 Å². The van der Waals surface area contributed by atoms with E-state index >= 15 is 0 Å². The smallest absolute Gasteiger partial charge is 0.284 e. The molecule has 192 valence electrons. The number of hydrogen-bond acceptors (Lipinski definition) is 6. The molecule has 3 heterocycles. The molecular weight excluding hydrogens is 527 g/mol. The van der Waals surface area contributed by atoms with E-state index in [-0.39, 0.29) is 21.5 Å². The van der Waals surface area contributed by atoms with Gasteiger partial charge in [0.15, 0.2) is 5.82 Å². The van der Waals surface area contributed by atoms with E-state index in [1.807, 2.05) is 31.2 Å². The van der Waals surface area contributed by atoms with Crippen LogP contribution in [0.1, 0.15) is 34.4 Å². The summed E-state index contributed by atoms with van der Waals surface area (Å²) >= 11 is 13.3. The number of carbonyl (C=O) groups excluding carboxylic acids is 1. The van der Waals surface area contributed by atoms with Crippen molar-refractivity contribution in [3.8, 4) is 22.8 Å². The molecule has 2 aromatic carbocycles. The van der Waals surface area contributed by atoms with Crippen LogP contribution in [0.25, 0.3) is 17.1 Å². The molecule has 2 aliphatic heterocycles. The molecule has 0 atom stereocenters. The number of benzene rings is 2. The van der Waals surface area contributed by atoms with E-state index in [1.54, 1.807) is 36.3 Å². The molecule has 0 saturated heterocycles. The zero-order valence-corrected chi connectivity index (χ0v) is 22.0. The number of aromatic amines is 1. The first-order chi connectivity index (χ1) is 18.4. The molecule has 0 unspecified atom stereocenters. The van der Waals surface area contributed by atoms with E-state index in [9.17, 15) is 9.59 Å². The average molecular weight is 549 g/mol. The number of anilines is 1. The summed E-state index contributed by atoms with van der Waals surface area (Å²) in [7, 11) is 1.59. The standard InChI is InChI=1S/C27H22Cl2N6O3/c1-3-21-23-25(32-22(33-27(23)37)12-15-5-4-6-18(11-15)38-2)35(34-21)24-19(28)13-16(14-20(24)29)26(36)31-17-7-9-30-10-8-17/h4-11,13-14,34H,3,12H2,1-2H3,(H,30,31,36). The lowest BCUT2D eigenvalue weighted by Gasteiger charge is -2.13. The first kappa shape index (κ1) is 25.4. The third-order valence-corrected chi connectivity index (χ3v) is 6.53. The first-order valence-corrected chi connectivity index (χ1v) is 12.5. The number of aryl methyl sites for hydroxylation is 1. The minimum Gasteiger partial charge on any atom is -0.497 e. The molecule has 0 radical (unpaired) electrons. The largest absolute Gasteiger partial charge is 0.497 e. The monoisotopic (exact) mass is 548 g/mol. The van der Waals surface area contributed by atoms with Gasteiger partial charge in [-0.3, -0.25) is 19.7 Å². The number of fused-ring (bicyclic) bond motifs is 1. The summed E-state index contributed by atoms with van der Waals surface area (Å²) in [6, 6.07) is 13.9. The van der Waals surface area contributed by atoms with Gasteiger partial charge in [0, 0.05) is 35.8 Å². The van der Waals surface area contributed by atoms with Crippen molar-refractivity contribution in [2.45, 2.75) is 19.8 Å². The average Bonchev–Trinajstić information content (AvgIpc) is 3.27. The van der Waals surface area contributed by atoms with Crippen molar-refractivity contribution < 1.29 is 9.53 Å². The van der Waals surface area contributed by atoms with Gasteiger partial charge in [-0.2, -0.15) is 4.98 Å². The van der Waals surface area contributed by atoms with Gasteiger partial charge in [0.2, 0.25) is 0 Å². The number of amides is 1. The number of rotatable bonds is 7. The van der Waals surface area contributed by atoms with Crippen LogP contribution in [0.2, 0.25) is 10.0 Å². The summed E-state index contributed by atoms with van der Waals surface area (Å²) in [5, 5.41) is 6.38. The summed E-state index contributed by atoms with van der Waals surface area (Å²) < 4.78 is 6.87. The Hall–Kier alpha value is -4.21. The van der Waals surface area contributed by atoms with Gasteiger partial charge in [-0.1, -0.05) is 42.3 Å².